The van der Waals surface area contributed by atoms with E-state index in [1.165, 1.54) is 11.1 Å². The first-order valence-electron chi connectivity index (χ1n) is 9.84. The fraction of sp³-hybridized carbons (Fsp3) is 0.227. The molecule has 0 aliphatic carbocycles. The second-order valence-corrected chi connectivity index (χ2v) is 6.96. The zero-order valence-corrected chi connectivity index (χ0v) is 16.3. The van der Waals surface area contributed by atoms with Crippen LogP contribution in [-0.4, -0.2) is 44.5 Å². The molecule has 4 aromatic rings. The average molecular weight is 403 g/mol. The number of benzene rings is 2. The second-order valence-electron chi connectivity index (χ2n) is 6.96. The number of aromatic nitrogens is 4. The summed E-state index contributed by atoms with van der Waals surface area (Å²) in [6.45, 7) is 1.63. The van der Waals surface area contributed by atoms with Crippen LogP contribution in [0.1, 0.15) is 11.1 Å². The molecule has 0 unspecified atom stereocenters. The third-order valence-electron chi connectivity index (χ3n) is 5.13. The van der Waals surface area contributed by atoms with Gasteiger partial charge in [-0.3, -0.25) is 4.40 Å². The van der Waals surface area contributed by atoms with E-state index < -0.39 is 0 Å². The minimum Gasteiger partial charge on any atom is -0.493 e. The maximum Gasteiger partial charge on any atom is 0.210 e. The van der Waals surface area contributed by atoms with Crippen molar-refractivity contribution in [2.75, 3.05) is 25.1 Å². The van der Waals surface area contributed by atoms with Crippen molar-refractivity contribution in [3.8, 4) is 22.6 Å². The van der Waals surface area contributed by atoms with Gasteiger partial charge < -0.3 is 19.9 Å². The van der Waals surface area contributed by atoms with Gasteiger partial charge in [-0.15, -0.1) is 10.2 Å². The highest BCUT2D eigenvalue weighted by molar-refractivity contribution is 5.77. The predicted octanol–water partition coefficient (Wildman–Crippen LogP) is 2.71. The number of nitrogens with one attached hydrogen (secondary N) is 1. The molecule has 2 aromatic heterocycles. The molecule has 8 nitrogen and oxygen atoms in total. The van der Waals surface area contributed by atoms with Crippen molar-refractivity contribution < 1.29 is 14.6 Å². The molecule has 1 aliphatic heterocycles. The van der Waals surface area contributed by atoms with Gasteiger partial charge >= 0.3 is 0 Å². The fourth-order valence-corrected chi connectivity index (χ4v) is 3.68. The third kappa shape index (κ3) is 3.42. The van der Waals surface area contributed by atoms with Crippen LogP contribution in [0.15, 0.2) is 55.0 Å². The van der Waals surface area contributed by atoms with Gasteiger partial charge in [0.2, 0.25) is 5.95 Å². The maximum absolute atomic E-state index is 8.88. The number of aliphatic hydroxyl groups excluding tert-OH is 1. The van der Waals surface area contributed by atoms with Crippen molar-refractivity contribution in [2.45, 2.75) is 13.0 Å². The monoisotopic (exact) mass is 403 g/mol. The molecule has 8 heteroatoms. The smallest absolute Gasteiger partial charge is 0.210 e. The summed E-state index contributed by atoms with van der Waals surface area (Å²) in [4.78, 5) is 4.61. The third-order valence-corrected chi connectivity index (χ3v) is 5.13. The first-order chi connectivity index (χ1) is 14.8. The van der Waals surface area contributed by atoms with Crippen molar-refractivity contribution in [3.63, 3.8) is 0 Å². The van der Waals surface area contributed by atoms with Crippen molar-refractivity contribution in [2.24, 2.45) is 0 Å². The Labute approximate surface area is 173 Å². The molecule has 30 heavy (non-hydrogen) atoms. The highest BCUT2D eigenvalue weighted by atomic mass is 16.5. The Kier molecular flexibility index (Phi) is 4.90. The van der Waals surface area contributed by atoms with Crippen LogP contribution < -0.4 is 14.8 Å². The van der Waals surface area contributed by atoms with Crippen LogP contribution in [0.4, 0.5) is 5.95 Å². The molecule has 0 fully saturated rings. The van der Waals surface area contributed by atoms with Crippen molar-refractivity contribution >= 4 is 11.6 Å². The number of hydrogen-bond acceptors (Lipinski definition) is 7. The second kappa shape index (κ2) is 8.00. The first kappa shape index (κ1) is 18.4. The van der Waals surface area contributed by atoms with Gasteiger partial charge in [0.25, 0.3) is 0 Å². The van der Waals surface area contributed by atoms with Crippen LogP contribution in [0.3, 0.4) is 0 Å². The highest BCUT2D eigenvalue weighted by Gasteiger charge is 2.16. The molecule has 0 radical (unpaired) electrons. The molecule has 0 amide bonds. The van der Waals surface area contributed by atoms with Crippen LogP contribution in [0.5, 0.6) is 11.5 Å². The summed E-state index contributed by atoms with van der Waals surface area (Å²) in [6, 6.07) is 13.7. The lowest BCUT2D eigenvalue weighted by Crippen LogP contribution is -2.08. The lowest BCUT2D eigenvalue weighted by Gasteiger charge is -2.12. The standard InChI is InChI=1S/C22H21N5O3/c28-9-11-29-17-6-4-15(5-7-17)19-13-24-22(27-14-25-26-21(19)27)23-12-16-2-1-3-20-18(16)8-10-30-20/h1-7,13-14,28H,8-12H2,(H,23,24). The van der Waals surface area contributed by atoms with Gasteiger partial charge in [0.15, 0.2) is 5.65 Å². The van der Waals surface area contributed by atoms with E-state index in [0.717, 1.165) is 35.6 Å². The molecular weight excluding hydrogens is 382 g/mol. The largest absolute Gasteiger partial charge is 0.493 e. The number of fused-ring (bicyclic) bond motifs is 2. The lowest BCUT2D eigenvalue weighted by atomic mass is 10.1. The Balaban J connectivity index is 1.40. The minimum absolute atomic E-state index is 0.0146. The molecule has 2 aromatic carbocycles. The van der Waals surface area contributed by atoms with E-state index in [2.05, 4.69) is 26.6 Å². The Morgan fingerprint density at radius 2 is 2.07 bits per heavy atom. The minimum atomic E-state index is -0.0146. The summed E-state index contributed by atoms with van der Waals surface area (Å²) >= 11 is 0. The number of aliphatic hydroxyl groups is 1. The quantitative estimate of drug-likeness (QED) is 0.490. The molecule has 2 N–H and O–H groups in total. The Morgan fingerprint density at radius 3 is 2.93 bits per heavy atom. The van der Waals surface area contributed by atoms with Crippen LogP contribution in [0.25, 0.3) is 16.8 Å². The Hall–Kier alpha value is -3.65. The first-order valence-corrected chi connectivity index (χ1v) is 9.84. The molecule has 0 spiro atoms. The predicted molar refractivity (Wildman–Crippen MR) is 112 cm³/mol. The number of ether oxygens (including phenoxy) is 2. The molecule has 0 bridgehead atoms. The summed E-state index contributed by atoms with van der Waals surface area (Å²) in [5.41, 5.74) is 5.01. The summed E-state index contributed by atoms with van der Waals surface area (Å²) in [5.74, 6) is 2.35. The number of rotatable bonds is 7. The van der Waals surface area contributed by atoms with E-state index in [0.29, 0.717) is 18.2 Å². The van der Waals surface area contributed by atoms with Gasteiger partial charge in [0.1, 0.15) is 24.4 Å². The van der Waals surface area contributed by atoms with E-state index in [4.69, 9.17) is 14.6 Å². The van der Waals surface area contributed by atoms with Crippen LogP contribution >= 0.6 is 0 Å². The van der Waals surface area contributed by atoms with Crippen molar-refractivity contribution in [3.05, 3.63) is 66.1 Å². The van der Waals surface area contributed by atoms with Gasteiger partial charge in [0, 0.05) is 30.3 Å². The molecule has 0 saturated heterocycles. The van der Waals surface area contributed by atoms with E-state index in [1.54, 1.807) is 12.5 Å². The van der Waals surface area contributed by atoms with Crippen LogP contribution in [0, 0.1) is 0 Å². The zero-order chi connectivity index (χ0) is 20.3. The average Bonchev–Trinajstić information content (AvgIpc) is 3.46. The molecule has 3 heterocycles. The maximum atomic E-state index is 8.88. The zero-order valence-electron chi connectivity index (χ0n) is 16.3. The summed E-state index contributed by atoms with van der Waals surface area (Å²) in [7, 11) is 0. The molecule has 0 atom stereocenters. The van der Waals surface area contributed by atoms with Crippen LogP contribution in [-0.2, 0) is 13.0 Å². The van der Waals surface area contributed by atoms with E-state index in [-0.39, 0.29) is 13.2 Å². The summed E-state index contributed by atoms with van der Waals surface area (Å²) in [5, 5.41) is 20.7. The SMILES string of the molecule is OCCOc1ccc(-c2cnc(NCc3cccc4c3CCO4)n3cnnc23)cc1. The lowest BCUT2D eigenvalue weighted by molar-refractivity contribution is 0.201. The molecule has 0 saturated carbocycles. The topological polar surface area (TPSA) is 93.8 Å². The number of anilines is 1. The fourth-order valence-electron chi connectivity index (χ4n) is 3.68. The highest BCUT2D eigenvalue weighted by Crippen LogP contribution is 2.29. The Bertz CT molecular complexity index is 1170. The van der Waals surface area contributed by atoms with E-state index in [9.17, 15) is 0 Å². The molecular formula is C22H21N5O3. The molecule has 152 valence electrons. The molecule has 5 rings (SSSR count). The van der Waals surface area contributed by atoms with Gasteiger partial charge in [-0.2, -0.15) is 0 Å². The van der Waals surface area contributed by atoms with Gasteiger partial charge in [0.05, 0.1) is 13.2 Å². The van der Waals surface area contributed by atoms with Gasteiger partial charge in [-0.25, -0.2) is 4.98 Å². The Morgan fingerprint density at radius 1 is 1.17 bits per heavy atom. The number of nitrogens with zero attached hydrogens (tertiary/aromatic N) is 4. The van der Waals surface area contributed by atoms with Gasteiger partial charge in [-0.05, 0) is 29.3 Å². The van der Waals surface area contributed by atoms with Crippen molar-refractivity contribution in [1.29, 1.82) is 0 Å². The van der Waals surface area contributed by atoms with Crippen molar-refractivity contribution in [1.82, 2.24) is 19.6 Å². The van der Waals surface area contributed by atoms with E-state index in [1.807, 2.05) is 40.8 Å². The van der Waals surface area contributed by atoms with Crippen LogP contribution in [0.2, 0.25) is 0 Å². The number of hydrogen-bond donors (Lipinski definition) is 2. The molecule has 1 aliphatic rings. The normalized spacial score (nSPS) is 12.6. The van der Waals surface area contributed by atoms with E-state index >= 15 is 0 Å². The summed E-state index contributed by atoms with van der Waals surface area (Å²) < 4.78 is 12.9. The van der Waals surface area contributed by atoms with Gasteiger partial charge in [-0.1, -0.05) is 24.3 Å². The summed E-state index contributed by atoms with van der Waals surface area (Å²) in [6.07, 6.45) is 4.39.